The molecule has 0 aliphatic heterocycles. The highest BCUT2D eigenvalue weighted by Crippen LogP contribution is 2.71. The summed E-state index contributed by atoms with van der Waals surface area (Å²) >= 11 is 0. The number of halogens is 5. The molecule has 2 unspecified atom stereocenters. The molecule has 5 atom stereocenters. The van der Waals surface area contributed by atoms with Crippen LogP contribution < -0.4 is 0 Å². The number of methoxy groups -OCH3 is 1. The van der Waals surface area contributed by atoms with E-state index in [0.29, 0.717) is 31.2 Å². The van der Waals surface area contributed by atoms with Crippen LogP contribution in [0, 0.1) is 17.3 Å². The van der Waals surface area contributed by atoms with Crippen LogP contribution in [0.5, 0.6) is 0 Å². The molecule has 0 amide bonds. The molecule has 200 valence electrons. The molecule has 0 aromatic heterocycles. The number of ether oxygens (including phenoxy) is 1. The van der Waals surface area contributed by atoms with Gasteiger partial charge in [-0.2, -0.15) is 22.0 Å². The molecule has 0 saturated heterocycles. The lowest BCUT2D eigenvalue weighted by atomic mass is 9.50. The smallest absolute Gasteiger partial charge is 0.411 e. The SMILES string of the molecule is CO[C@@]1(C(F)(F)C(F)(F)F)CCC2C3CCC4=CC(=O)CCC4=C3[C@@H](c3ccc(/C=N/O)cc3)C[C@@]21C. The van der Waals surface area contributed by atoms with Crippen molar-refractivity contribution in [3.63, 3.8) is 0 Å². The maximum Gasteiger partial charge on any atom is 0.456 e. The van der Waals surface area contributed by atoms with Crippen molar-refractivity contribution in [1.82, 2.24) is 0 Å². The average Bonchev–Trinajstić information content (AvgIpc) is 3.16. The number of ketones is 1. The van der Waals surface area contributed by atoms with E-state index in [4.69, 9.17) is 9.94 Å². The molecular weight excluding hydrogens is 493 g/mol. The standard InChI is InChI=1S/C28H30F5NO3/c1-25-14-22(17-5-3-16(4-6-17)15-34-36)24-20-10-8-19(35)13-18(20)7-9-21(24)23(25)11-12-26(25,37-2)27(29,30)28(31,32)33/h3-6,13,15,21-23,36H,7-12,14H2,1-2H3/b34-15+/t21?,22-,23?,25+,26+/m1/s1. The Morgan fingerprint density at radius 1 is 1.08 bits per heavy atom. The van der Waals surface area contributed by atoms with Crippen molar-refractivity contribution in [2.45, 2.75) is 75.5 Å². The number of nitrogens with zero attached hydrogens (tertiary/aromatic N) is 1. The Morgan fingerprint density at radius 2 is 1.78 bits per heavy atom. The number of benzene rings is 1. The predicted octanol–water partition coefficient (Wildman–Crippen LogP) is 6.98. The molecule has 0 bridgehead atoms. The van der Waals surface area contributed by atoms with Gasteiger partial charge >= 0.3 is 12.1 Å². The van der Waals surface area contributed by atoms with Crippen molar-refractivity contribution < 1.29 is 36.7 Å². The Morgan fingerprint density at radius 3 is 2.41 bits per heavy atom. The van der Waals surface area contributed by atoms with Gasteiger partial charge in [0.1, 0.15) is 5.60 Å². The number of rotatable bonds is 4. The van der Waals surface area contributed by atoms with Crippen LogP contribution >= 0.6 is 0 Å². The van der Waals surface area contributed by atoms with Gasteiger partial charge in [-0.3, -0.25) is 4.79 Å². The highest BCUT2D eigenvalue weighted by atomic mass is 19.4. The normalized spacial score (nSPS) is 34.3. The summed E-state index contributed by atoms with van der Waals surface area (Å²) in [4.78, 5) is 12.2. The molecule has 2 fully saturated rings. The Bertz CT molecular complexity index is 1190. The van der Waals surface area contributed by atoms with E-state index < -0.39 is 35.0 Å². The maximum absolute atomic E-state index is 15.4. The summed E-state index contributed by atoms with van der Waals surface area (Å²) in [7, 11) is 0.980. The minimum atomic E-state index is -5.74. The Kier molecular flexibility index (Phi) is 6.17. The van der Waals surface area contributed by atoms with Crippen LogP contribution in [-0.4, -0.2) is 42.0 Å². The fourth-order valence-corrected chi connectivity index (χ4v) is 8.04. The number of carbonyl (C=O) groups is 1. The van der Waals surface area contributed by atoms with Gasteiger partial charge in [0.2, 0.25) is 0 Å². The lowest BCUT2D eigenvalue weighted by molar-refractivity contribution is -0.367. The van der Waals surface area contributed by atoms with Gasteiger partial charge in [0, 0.05) is 24.9 Å². The second kappa shape index (κ2) is 8.75. The largest absolute Gasteiger partial charge is 0.456 e. The van der Waals surface area contributed by atoms with Crippen molar-refractivity contribution in [1.29, 1.82) is 0 Å². The number of oxime groups is 1. The summed E-state index contributed by atoms with van der Waals surface area (Å²) < 4.78 is 77.6. The molecule has 5 rings (SSSR count). The quantitative estimate of drug-likeness (QED) is 0.201. The third-order valence-electron chi connectivity index (χ3n) is 9.61. The van der Waals surface area contributed by atoms with Gasteiger partial charge in [0.05, 0.1) is 6.21 Å². The fourth-order valence-electron chi connectivity index (χ4n) is 8.04. The van der Waals surface area contributed by atoms with Crippen molar-refractivity contribution >= 4 is 12.0 Å². The summed E-state index contributed by atoms with van der Waals surface area (Å²) in [6.07, 6.45) is -0.768. The number of hydrogen-bond donors (Lipinski definition) is 1. The van der Waals surface area contributed by atoms with E-state index in [2.05, 4.69) is 5.16 Å². The zero-order chi connectivity index (χ0) is 26.8. The first-order chi connectivity index (χ1) is 17.4. The van der Waals surface area contributed by atoms with Crippen molar-refractivity contribution in [2.24, 2.45) is 22.4 Å². The highest BCUT2D eigenvalue weighted by Gasteiger charge is 2.80. The monoisotopic (exact) mass is 523 g/mol. The molecule has 1 aromatic carbocycles. The van der Waals surface area contributed by atoms with Crippen LogP contribution in [0.15, 0.2) is 52.2 Å². The third kappa shape index (κ3) is 3.63. The van der Waals surface area contributed by atoms with Crippen molar-refractivity contribution in [3.8, 4) is 0 Å². The van der Waals surface area contributed by atoms with Crippen molar-refractivity contribution in [3.05, 3.63) is 58.2 Å². The number of alkyl halides is 5. The van der Waals surface area contributed by atoms with Gasteiger partial charge in [0.15, 0.2) is 5.78 Å². The Hall–Kier alpha value is -2.55. The molecule has 2 saturated carbocycles. The number of carbonyl (C=O) groups excluding carboxylic acids is 1. The van der Waals surface area contributed by atoms with E-state index in [1.54, 1.807) is 25.1 Å². The first-order valence-electron chi connectivity index (χ1n) is 12.6. The van der Waals surface area contributed by atoms with E-state index in [0.717, 1.165) is 29.4 Å². The van der Waals surface area contributed by atoms with E-state index in [1.807, 2.05) is 12.1 Å². The summed E-state index contributed by atoms with van der Waals surface area (Å²) in [5.74, 6) is -5.95. The Labute approximate surface area is 212 Å². The van der Waals surface area contributed by atoms with Gasteiger partial charge in [0.25, 0.3) is 0 Å². The van der Waals surface area contributed by atoms with Crippen LogP contribution in [0.3, 0.4) is 0 Å². The molecule has 4 aliphatic carbocycles. The zero-order valence-corrected chi connectivity index (χ0v) is 20.7. The summed E-state index contributed by atoms with van der Waals surface area (Å²) in [5, 5.41) is 11.9. The van der Waals surface area contributed by atoms with Crippen LogP contribution in [0.25, 0.3) is 0 Å². The first kappa shape index (κ1) is 26.1. The lowest BCUT2D eigenvalue weighted by Crippen LogP contribution is -2.66. The van der Waals surface area contributed by atoms with E-state index in [1.165, 1.54) is 6.21 Å². The van der Waals surface area contributed by atoms with Gasteiger partial charge in [-0.25, -0.2) is 0 Å². The predicted molar refractivity (Wildman–Crippen MR) is 127 cm³/mol. The minimum Gasteiger partial charge on any atom is -0.411 e. The molecule has 9 heteroatoms. The van der Waals surface area contributed by atoms with Crippen LogP contribution in [0.4, 0.5) is 22.0 Å². The van der Waals surface area contributed by atoms with Gasteiger partial charge < -0.3 is 9.94 Å². The summed E-state index contributed by atoms with van der Waals surface area (Å²) in [6.45, 7) is 1.56. The second-order valence-electron chi connectivity index (χ2n) is 11.0. The van der Waals surface area contributed by atoms with E-state index in [-0.39, 0.29) is 31.0 Å². The van der Waals surface area contributed by atoms with Crippen LogP contribution in [-0.2, 0) is 9.53 Å². The molecule has 0 heterocycles. The number of fused-ring (bicyclic) bond motifs is 4. The molecular formula is C28H30F5NO3. The molecule has 4 nitrogen and oxygen atoms in total. The summed E-state index contributed by atoms with van der Waals surface area (Å²) in [5.41, 5.74) is 0.420. The number of hydrogen-bond acceptors (Lipinski definition) is 4. The van der Waals surface area contributed by atoms with Gasteiger partial charge in [-0.05, 0) is 78.7 Å². The molecule has 1 aromatic rings. The number of allylic oxidation sites excluding steroid dienone is 4. The molecule has 4 aliphatic rings. The van der Waals surface area contributed by atoms with Gasteiger partial charge in [-0.15, -0.1) is 0 Å². The third-order valence-corrected chi connectivity index (χ3v) is 9.61. The molecule has 0 radical (unpaired) electrons. The fraction of sp³-hybridized carbons (Fsp3) is 0.571. The van der Waals surface area contributed by atoms with Gasteiger partial charge in [-0.1, -0.05) is 41.9 Å². The van der Waals surface area contributed by atoms with Crippen molar-refractivity contribution in [2.75, 3.05) is 7.11 Å². The first-order valence-corrected chi connectivity index (χ1v) is 12.6. The average molecular weight is 524 g/mol. The van der Waals surface area contributed by atoms with Crippen LogP contribution in [0.2, 0.25) is 0 Å². The topological polar surface area (TPSA) is 58.9 Å². The Balaban J connectivity index is 1.70. The summed E-state index contributed by atoms with van der Waals surface area (Å²) in [6, 6.07) is 7.09. The highest BCUT2D eigenvalue weighted by molar-refractivity contribution is 5.93. The maximum atomic E-state index is 15.4. The van der Waals surface area contributed by atoms with Crippen LogP contribution in [0.1, 0.15) is 68.9 Å². The minimum absolute atomic E-state index is 0.0618. The zero-order valence-electron chi connectivity index (χ0n) is 20.7. The van der Waals surface area contributed by atoms with E-state index in [9.17, 15) is 18.0 Å². The molecule has 37 heavy (non-hydrogen) atoms. The molecule has 1 N–H and O–H groups in total. The molecule has 0 spiro atoms. The second-order valence-corrected chi connectivity index (χ2v) is 11.0. The van der Waals surface area contributed by atoms with E-state index >= 15 is 8.78 Å². The lowest BCUT2D eigenvalue weighted by Gasteiger charge is -2.57.